The first-order chi connectivity index (χ1) is 12.5. The third kappa shape index (κ3) is 4.78. The minimum absolute atomic E-state index is 0.0735. The summed E-state index contributed by atoms with van der Waals surface area (Å²) in [6.07, 6.45) is 1.78. The molecule has 0 aliphatic carbocycles. The number of allylic oxidation sites excluding steroid dienone is 1. The maximum atomic E-state index is 12.4. The van der Waals surface area contributed by atoms with Crippen LogP contribution < -0.4 is 14.8 Å². The van der Waals surface area contributed by atoms with Crippen LogP contribution in [-0.2, 0) is 17.9 Å². The van der Waals surface area contributed by atoms with Crippen molar-refractivity contribution in [3.05, 3.63) is 42.2 Å². The van der Waals surface area contributed by atoms with Crippen molar-refractivity contribution in [2.45, 2.75) is 37.3 Å². The highest BCUT2D eigenvalue weighted by Gasteiger charge is 2.18. The number of ether oxygens (including phenoxy) is 2. The van der Waals surface area contributed by atoms with Crippen molar-refractivity contribution in [1.82, 2.24) is 20.1 Å². The number of nitrogens with zero attached hydrogens (tertiary/aromatic N) is 3. The Morgan fingerprint density at radius 1 is 1.35 bits per heavy atom. The van der Waals surface area contributed by atoms with E-state index in [9.17, 15) is 4.79 Å². The Bertz CT molecular complexity index is 776. The predicted octanol–water partition coefficient (Wildman–Crippen LogP) is 2.59. The summed E-state index contributed by atoms with van der Waals surface area (Å²) >= 11 is 1.37. The normalized spacial score (nSPS) is 11.7. The van der Waals surface area contributed by atoms with E-state index in [4.69, 9.17) is 9.47 Å². The fourth-order valence-electron chi connectivity index (χ4n) is 2.32. The molecule has 26 heavy (non-hydrogen) atoms. The van der Waals surface area contributed by atoms with E-state index in [2.05, 4.69) is 22.1 Å². The Morgan fingerprint density at radius 3 is 2.73 bits per heavy atom. The van der Waals surface area contributed by atoms with Crippen LogP contribution in [0.4, 0.5) is 0 Å². The van der Waals surface area contributed by atoms with Crippen molar-refractivity contribution in [3.8, 4) is 11.5 Å². The fraction of sp³-hybridized carbons (Fsp3) is 0.389. The smallest absolute Gasteiger partial charge is 0.233 e. The number of rotatable bonds is 9. The molecule has 140 valence electrons. The first kappa shape index (κ1) is 19.8. The second-order valence-corrected chi connectivity index (χ2v) is 6.90. The molecule has 7 nitrogen and oxygen atoms in total. The minimum Gasteiger partial charge on any atom is -0.493 e. The summed E-state index contributed by atoms with van der Waals surface area (Å²) in [6.45, 7) is 8.48. The van der Waals surface area contributed by atoms with Gasteiger partial charge < -0.3 is 19.4 Å². The van der Waals surface area contributed by atoms with Crippen LogP contribution in [0.25, 0.3) is 0 Å². The molecule has 0 bridgehead atoms. The molecule has 0 aliphatic heterocycles. The molecular formula is C18H24N4O3S. The number of nitrogens with one attached hydrogen (secondary N) is 1. The number of hydrogen-bond donors (Lipinski definition) is 1. The molecule has 1 aromatic carbocycles. The minimum atomic E-state index is -0.303. The molecule has 2 aromatic rings. The largest absolute Gasteiger partial charge is 0.493 e. The highest BCUT2D eigenvalue weighted by Crippen LogP contribution is 2.27. The standard InChI is InChI=1S/C18H24N4O3S/c1-6-9-22-13(3)20-21-18(22)26-12(2)17(23)19-11-14-7-8-15(24-4)16(10-14)25-5/h6-8,10,12H,1,9,11H2,2-5H3,(H,19,23)/t12-/m0/s1. The number of carbonyl (C=O) groups excluding carboxylic acids is 1. The van der Waals surface area contributed by atoms with Gasteiger partial charge in [-0.25, -0.2) is 0 Å². The number of aromatic nitrogens is 3. The van der Waals surface area contributed by atoms with Gasteiger partial charge in [-0.3, -0.25) is 4.79 Å². The van der Waals surface area contributed by atoms with Crippen molar-refractivity contribution in [2.75, 3.05) is 14.2 Å². The van der Waals surface area contributed by atoms with Gasteiger partial charge in [-0.2, -0.15) is 0 Å². The van der Waals surface area contributed by atoms with Gasteiger partial charge in [0.2, 0.25) is 5.91 Å². The van der Waals surface area contributed by atoms with Gasteiger partial charge in [0.05, 0.1) is 19.5 Å². The Kier molecular flexibility index (Phi) is 7.08. The lowest BCUT2D eigenvalue weighted by Gasteiger charge is -2.13. The number of aryl methyl sites for hydroxylation is 1. The van der Waals surface area contributed by atoms with E-state index < -0.39 is 0 Å². The monoisotopic (exact) mass is 376 g/mol. The summed E-state index contributed by atoms with van der Waals surface area (Å²) < 4.78 is 12.4. The first-order valence-electron chi connectivity index (χ1n) is 8.16. The Balaban J connectivity index is 1.96. The number of amides is 1. The number of carbonyl (C=O) groups is 1. The van der Waals surface area contributed by atoms with Crippen LogP contribution in [0.5, 0.6) is 11.5 Å². The Morgan fingerprint density at radius 2 is 2.08 bits per heavy atom. The SMILES string of the molecule is C=CCn1c(C)nnc1S[C@@H](C)C(=O)NCc1ccc(OC)c(OC)c1. The predicted molar refractivity (Wildman–Crippen MR) is 102 cm³/mol. The summed E-state index contributed by atoms with van der Waals surface area (Å²) in [7, 11) is 3.17. The molecule has 0 aliphatic rings. The average molecular weight is 376 g/mol. The topological polar surface area (TPSA) is 78.3 Å². The second kappa shape index (κ2) is 9.28. The van der Waals surface area contributed by atoms with Crippen molar-refractivity contribution in [3.63, 3.8) is 0 Å². The summed E-state index contributed by atoms with van der Waals surface area (Å²) in [6, 6.07) is 5.56. The van der Waals surface area contributed by atoms with E-state index in [1.165, 1.54) is 11.8 Å². The van der Waals surface area contributed by atoms with Crippen LogP contribution in [0.3, 0.4) is 0 Å². The zero-order chi connectivity index (χ0) is 19.1. The lowest BCUT2D eigenvalue weighted by molar-refractivity contribution is -0.120. The van der Waals surface area contributed by atoms with Gasteiger partial charge in [-0.05, 0) is 31.5 Å². The molecule has 0 saturated heterocycles. The number of thioether (sulfide) groups is 1. The average Bonchev–Trinajstić information content (AvgIpc) is 2.99. The molecule has 0 saturated carbocycles. The molecule has 8 heteroatoms. The van der Waals surface area contributed by atoms with Crippen LogP contribution in [0.15, 0.2) is 36.0 Å². The highest BCUT2D eigenvalue weighted by molar-refractivity contribution is 8.00. The maximum Gasteiger partial charge on any atom is 0.233 e. The Labute approximate surface area is 157 Å². The van der Waals surface area contributed by atoms with Crippen molar-refractivity contribution in [1.29, 1.82) is 0 Å². The van der Waals surface area contributed by atoms with E-state index >= 15 is 0 Å². The number of methoxy groups -OCH3 is 2. The van der Waals surface area contributed by atoms with Gasteiger partial charge >= 0.3 is 0 Å². The summed E-state index contributed by atoms with van der Waals surface area (Å²) in [5.41, 5.74) is 0.930. The molecule has 0 spiro atoms. The van der Waals surface area contributed by atoms with Gasteiger partial charge in [0.1, 0.15) is 5.82 Å². The molecule has 0 radical (unpaired) electrons. The third-order valence-electron chi connectivity index (χ3n) is 3.78. The van der Waals surface area contributed by atoms with Crippen LogP contribution in [-0.4, -0.2) is 40.1 Å². The molecule has 1 amide bonds. The third-order valence-corrected chi connectivity index (χ3v) is 4.86. The van der Waals surface area contributed by atoms with Gasteiger partial charge in [0, 0.05) is 13.1 Å². The van der Waals surface area contributed by atoms with E-state index in [1.807, 2.05) is 36.6 Å². The summed E-state index contributed by atoms with van der Waals surface area (Å²) in [5.74, 6) is 2.01. The van der Waals surface area contributed by atoms with Crippen molar-refractivity contribution >= 4 is 17.7 Å². The van der Waals surface area contributed by atoms with Gasteiger partial charge in [-0.1, -0.05) is 23.9 Å². The molecule has 0 fully saturated rings. The van der Waals surface area contributed by atoms with E-state index in [-0.39, 0.29) is 11.2 Å². The molecule has 1 heterocycles. The van der Waals surface area contributed by atoms with Gasteiger partial charge in [0.25, 0.3) is 0 Å². The lowest BCUT2D eigenvalue weighted by Crippen LogP contribution is -2.30. The van der Waals surface area contributed by atoms with E-state index in [0.717, 1.165) is 11.4 Å². The van der Waals surface area contributed by atoms with Crippen molar-refractivity contribution < 1.29 is 14.3 Å². The summed E-state index contributed by atoms with van der Waals surface area (Å²) in [4.78, 5) is 12.4. The molecule has 0 unspecified atom stereocenters. The van der Waals surface area contributed by atoms with Crippen LogP contribution in [0.2, 0.25) is 0 Å². The van der Waals surface area contributed by atoms with Crippen molar-refractivity contribution in [2.24, 2.45) is 0 Å². The fourth-order valence-corrected chi connectivity index (χ4v) is 3.25. The zero-order valence-corrected chi connectivity index (χ0v) is 16.3. The second-order valence-electron chi connectivity index (χ2n) is 5.60. The van der Waals surface area contributed by atoms with E-state index in [0.29, 0.717) is 29.7 Å². The number of benzene rings is 1. The van der Waals surface area contributed by atoms with E-state index in [1.54, 1.807) is 20.3 Å². The van der Waals surface area contributed by atoms with Gasteiger partial charge in [-0.15, -0.1) is 16.8 Å². The lowest BCUT2D eigenvalue weighted by atomic mass is 10.2. The Hall–Kier alpha value is -2.48. The van der Waals surface area contributed by atoms with Crippen LogP contribution in [0.1, 0.15) is 18.3 Å². The van der Waals surface area contributed by atoms with Crippen LogP contribution >= 0.6 is 11.8 Å². The quantitative estimate of drug-likeness (QED) is 0.535. The highest BCUT2D eigenvalue weighted by atomic mass is 32.2. The van der Waals surface area contributed by atoms with Crippen LogP contribution in [0, 0.1) is 6.92 Å². The molecule has 1 aromatic heterocycles. The maximum absolute atomic E-state index is 12.4. The molecule has 1 atom stereocenters. The molecule has 2 rings (SSSR count). The zero-order valence-electron chi connectivity index (χ0n) is 15.5. The van der Waals surface area contributed by atoms with Gasteiger partial charge in [0.15, 0.2) is 16.7 Å². The molecular weight excluding hydrogens is 352 g/mol. The summed E-state index contributed by atoms with van der Waals surface area (Å²) in [5, 5.41) is 11.5. The molecule has 1 N–H and O–H groups in total. The number of hydrogen-bond acceptors (Lipinski definition) is 6. The first-order valence-corrected chi connectivity index (χ1v) is 9.04.